The largest absolute Gasteiger partial charge is 0.351 e. The molecule has 3 N–H and O–H groups in total. The van der Waals surface area contributed by atoms with Crippen molar-refractivity contribution in [3.05, 3.63) is 0 Å². The first-order valence-electron chi connectivity index (χ1n) is 5.35. The second kappa shape index (κ2) is 6.20. The lowest BCUT2D eigenvalue weighted by Crippen LogP contribution is -2.46. The molecule has 0 fully saturated rings. The van der Waals surface area contributed by atoms with Crippen LogP contribution in [0.4, 0.5) is 0 Å². The molecule has 0 bridgehead atoms. The molecule has 0 aromatic heterocycles. The van der Waals surface area contributed by atoms with Gasteiger partial charge in [0.1, 0.15) is 9.84 Å². The highest BCUT2D eigenvalue weighted by Gasteiger charge is 2.18. The van der Waals surface area contributed by atoms with Gasteiger partial charge in [0, 0.05) is 12.3 Å². The molecule has 6 heteroatoms. The molecular formula is C10H22N2O3S. The van der Waals surface area contributed by atoms with Crippen LogP contribution in [0.5, 0.6) is 0 Å². The Morgan fingerprint density at radius 3 is 2.19 bits per heavy atom. The maximum atomic E-state index is 11.5. The smallest absolute Gasteiger partial charge is 0.237 e. The highest BCUT2D eigenvalue weighted by Crippen LogP contribution is 2.03. The van der Waals surface area contributed by atoms with Crippen molar-refractivity contribution < 1.29 is 13.2 Å². The first-order valence-corrected chi connectivity index (χ1v) is 7.41. The normalized spacial score (nSPS) is 15.9. The number of sulfone groups is 1. The third-order valence-corrected chi connectivity index (χ3v) is 3.11. The monoisotopic (exact) mass is 250 g/mol. The van der Waals surface area contributed by atoms with Gasteiger partial charge in [-0.1, -0.05) is 13.8 Å². The summed E-state index contributed by atoms with van der Waals surface area (Å²) in [6.07, 6.45) is 1.74. The second-order valence-electron chi connectivity index (χ2n) is 4.74. The predicted molar refractivity (Wildman–Crippen MR) is 64.7 cm³/mol. The Balaban J connectivity index is 4.14. The van der Waals surface area contributed by atoms with Crippen LogP contribution in [0.1, 0.15) is 27.2 Å². The van der Waals surface area contributed by atoms with Crippen molar-refractivity contribution in [1.82, 2.24) is 5.32 Å². The number of nitrogens with two attached hydrogens (primary N) is 1. The van der Waals surface area contributed by atoms with E-state index in [0.717, 1.165) is 6.26 Å². The van der Waals surface area contributed by atoms with Crippen LogP contribution in [0.2, 0.25) is 0 Å². The fourth-order valence-electron chi connectivity index (χ4n) is 1.46. The molecule has 0 rings (SSSR count). The van der Waals surface area contributed by atoms with Crippen LogP contribution in [0.15, 0.2) is 0 Å². The molecule has 0 aromatic rings. The summed E-state index contributed by atoms with van der Waals surface area (Å²) in [4.78, 5) is 11.5. The number of carbonyl (C=O) groups is 1. The number of nitrogens with one attached hydrogen (secondary N) is 1. The molecule has 2 unspecified atom stereocenters. The van der Waals surface area contributed by atoms with Gasteiger partial charge in [0.2, 0.25) is 5.91 Å². The van der Waals surface area contributed by atoms with Crippen molar-refractivity contribution in [1.29, 1.82) is 0 Å². The average molecular weight is 250 g/mol. The zero-order valence-corrected chi connectivity index (χ0v) is 11.2. The van der Waals surface area contributed by atoms with Gasteiger partial charge in [0.15, 0.2) is 0 Å². The van der Waals surface area contributed by atoms with E-state index >= 15 is 0 Å². The first-order chi connectivity index (χ1) is 7.11. The lowest BCUT2D eigenvalue weighted by molar-refractivity contribution is -0.123. The first kappa shape index (κ1) is 15.4. The summed E-state index contributed by atoms with van der Waals surface area (Å²) in [5, 5.41) is 2.60. The zero-order chi connectivity index (χ0) is 12.9. The molecule has 1 amide bonds. The SMILES string of the molecule is CC(C)CC(N)C(=O)NC(C)CS(C)(=O)=O. The number of carbonyl (C=O) groups excluding carboxylic acids is 1. The van der Waals surface area contributed by atoms with E-state index < -0.39 is 21.9 Å². The van der Waals surface area contributed by atoms with Gasteiger partial charge >= 0.3 is 0 Å². The Morgan fingerprint density at radius 2 is 1.81 bits per heavy atom. The summed E-state index contributed by atoms with van der Waals surface area (Å²) in [5.41, 5.74) is 5.67. The number of rotatable bonds is 6. The predicted octanol–water partition coefficient (Wildman–Crippen LogP) is -0.0909. The molecule has 0 saturated carbocycles. The van der Waals surface area contributed by atoms with E-state index in [-0.39, 0.29) is 11.7 Å². The van der Waals surface area contributed by atoms with Gasteiger partial charge in [-0.05, 0) is 19.3 Å². The van der Waals surface area contributed by atoms with Crippen LogP contribution in [0, 0.1) is 5.92 Å². The van der Waals surface area contributed by atoms with Gasteiger partial charge in [-0.15, -0.1) is 0 Å². The van der Waals surface area contributed by atoms with Gasteiger partial charge < -0.3 is 11.1 Å². The van der Waals surface area contributed by atoms with E-state index in [9.17, 15) is 13.2 Å². The molecular weight excluding hydrogens is 228 g/mol. The molecule has 0 spiro atoms. The summed E-state index contributed by atoms with van der Waals surface area (Å²) >= 11 is 0. The fourth-order valence-corrected chi connectivity index (χ4v) is 2.45. The number of amides is 1. The number of hydrogen-bond acceptors (Lipinski definition) is 4. The molecule has 0 aliphatic rings. The third-order valence-electron chi connectivity index (χ3n) is 2.00. The van der Waals surface area contributed by atoms with Crippen molar-refractivity contribution in [2.75, 3.05) is 12.0 Å². The van der Waals surface area contributed by atoms with Crippen LogP contribution in [0.25, 0.3) is 0 Å². The van der Waals surface area contributed by atoms with Gasteiger partial charge in [0.05, 0.1) is 11.8 Å². The molecule has 0 radical (unpaired) electrons. The summed E-state index contributed by atoms with van der Waals surface area (Å²) in [6.45, 7) is 5.61. The third kappa shape index (κ3) is 7.64. The summed E-state index contributed by atoms with van der Waals surface area (Å²) in [6, 6.07) is -0.970. The molecule has 0 aliphatic heterocycles. The van der Waals surface area contributed by atoms with Crippen LogP contribution in [-0.4, -0.2) is 38.4 Å². The van der Waals surface area contributed by atoms with E-state index in [2.05, 4.69) is 5.32 Å². The van der Waals surface area contributed by atoms with E-state index in [0.29, 0.717) is 12.3 Å². The molecule has 0 aliphatic carbocycles. The highest BCUT2D eigenvalue weighted by molar-refractivity contribution is 7.90. The second-order valence-corrected chi connectivity index (χ2v) is 6.92. The lowest BCUT2D eigenvalue weighted by Gasteiger charge is -2.18. The molecule has 16 heavy (non-hydrogen) atoms. The van der Waals surface area contributed by atoms with Crippen LogP contribution in [-0.2, 0) is 14.6 Å². The Hall–Kier alpha value is -0.620. The summed E-state index contributed by atoms with van der Waals surface area (Å²) < 4.78 is 22.0. The summed E-state index contributed by atoms with van der Waals surface area (Å²) in [7, 11) is -3.07. The topological polar surface area (TPSA) is 89.3 Å². The van der Waals surface area contributed by atoms with Crippen molar-refractivity contribution in [2.45, 2.75) is 39.3 Å². The minimum atomic E-state index is -3.07. The van der Waals surface area contributed by atoms with Crippen LogP contribution in [0.3, 0.4) is 0 Å². The van der Waals surface area contributed by atoms with Gasteiger partial charge in [0.25, 0.3) is 0 Å². The molecule has 0 heterocycles. The molecule has 96 valence electrons. The van der Waals surface area contributed by atoms with Crippen molar-refractivity contribution in [3.63, 3.8) is 0 Å². The molecule has 2 atom stereocenters. The van der Waals surface area contributed by atoms with Crippen LogP contribution >= 0.6 is 0 Å². The maximum Gasteiger partial charge on any atom is 0.237 e. The van der Waals surface area contributed by atoms with Crippen molar-refractivity contribution >= 4 is 15.7 Å². The van der Waals surface area contributed by atoms with E-state index in [1.165, 1.54) is 0 Å². The quantitative estimate of drug-likeness (QED) is 0.689. The van der Waals surface area contributed by atoms with E-state index in [4.69, 9.17) is 5.73 Å². The Labute approximate surface area is 97.7 Å². The zero-order valence-electron chi connectivity index (χ0n) is 10.4. The summed E-state index contributed by atoms with van der Waals surface area (Å²) in [5.74, 6) is -0.0107. The minimum absolute atomic E-state index is 0.0624. The highest BCUT2D eigenvalue weighted by atomic mass is 32.2. The Bertz CT molecular complexity index is 325. The molecule has 5 nitrogen and oxygen atoms in total. The van der Waals surface area contributed by atoms with Crippen molar-refractivity contribution in [3.8, 4) is 0 Å². The van der Waals surface area contributed by atoms with E-state index in [1.807, 2.05) is 13.8 Å². The maximum absolute atomic E-state index is 11.5. The van der Waals surface area contributed by atoms with Gasteiger partial charge in [-0.2, -0.15) is 0 Å². The fraction of sp³-hybridized carbons (Fsp3) is 0.900. The molecule has 0 saturated heterocycles. The average Bonchev–Trinajstić information content (AvgIpc) is 1.98. The van der Waals surface area contributed by atoms with E-state index in [1.54, 1.807) is 6.92 Å². The van der Waals surface area contributed by atoms with Crippen LogP contribution < -0.4 is 11.1 Å². The Morgan fingerprint density at radius 1 is 1.31 bits per heavy atom. The van der Waals surface area contributed by atoms with Gasteiger partial charge in [-0.25, -0.2) is 8.42 Å². The Kier molecular flexibility index (Phi) is 5.96. The minimum Gasteiger partial charge on any atom is -0.351 e. The number of hydrogen-bond donors (Lipinski definition) is 2. The van der Waals surface area contributed by atoms with Gasteiger partial charge in [-0.3, -0.25) is 4.79 Å². The standard InChI is InChI=1S/C10H22N2O3S/c1-7(2)5-9(11)10(13)12-8(3)6-16(4,14)15/h7-9H,5-6,11H2,1-4H3,(H,12,13). The lowest BCUT2D eigenvalue weighted by atomic mass is 10.0. The van der Waals surface area contributed by atoms with Crippen molar-refractivity contribution in [2.24, 2.45) is 11.7 Å². The molecule has 0 aromatic carbocycles.